The summed E-state index contributed by atoms with van der Waals surface area (Å²) in [6.45, 7) is 2.09. The summed E-state index contributed by atoms with van der Waals surface area (Å²) in [5.41, 5.74) is 2.04. The van der Waals surface area contributed by atoms with Crippen molar-refractivity contribution < 1.29 is 13.9 Å². The fourth-order valence-corrected chi connectivity index (χ4v) is 2.84. The van der Waals surface area contributed by atoms with Crippen LogP contribution in [-0.4, -0.2) is 35.9 Å². The van der Waals surface area contributed by atoms with Crippen LogP contribution in [0.3, 0.4) is 0 Å². The molecule has 0 atom stereocenters. The van der Waals surface area contributed by atoms with Crippen LogP contribution in [0.5, 0.6) is 5.75 Å². The van der Waals surface area contributed by atoms with Crippen molar-refractivity contribution >= 4 is 5.91 Å². The van der Waals surface area contributed by atoms with Gasteiger partial charge in [-0.2, -0.15) is 0 Å². The van der Waals surface area contributed by atoms with Gasteiger partial charge in [0.25, 0.3) is 0 Å². The van der Waals surface area contributed by atoms with Gasteiger partial charge in [0.15, 0.2) is 0 Å². The van der Waals surface area contributed by atoms with Gasteiger partial charge in [-0.05, 0) is 48.4 Å². The highest BCUT2D eigenvalue weighted by Gasteiger charge is 2.12. The summed E-state index contributed by atoms with van der Waals surface area (Å²) in [7, 11) is 1.65. The second-order valence-corrected chi connectivity index (χ2v) is 6.47. The minimum absolute atomic E-state index is 0.0148. The van der Waals surface area contributed by atoms with Gasteiger partial charge in [0.1, 0.15) is 18.1 Å². The SMILES string of the molecule is CNC(=O)CN(CCc1cccc(OCc2ccccn2)c1)Cc1ccco1. The zero-order chi connectivity index (χ0) is 19.6. The normalized spacial score (nSPS) is 10.8. The zero-order valence-electron chi connectivity index (χ0n) is 16.0. The summed E-state index contributed by atoms with van der Waals surface area (Å²) in [5.74, 6) is 1.64. The predicted molar refractivity (Wildman–Crippen MR) is 107 cm³/mol. The van der Waals surface area contributed by atoms with Crippen molar-refractivity contribution in [2.45, 2.75) is 19.6 Å². The van der Waals surface area contributed by atoms with Gasteiger partial charge in [0, 0.05) is 19.8 Å². The molecule has 2 heterocycles. The first-order chi connectivity index (χ1) is 13.7. The number of ether oxygens (including phenoxy) is 1. The second kappa shape index (κ2) is 10.3. The van der Waals surface area contributed by atoms with Gasteiger partial charge in [-0.3, -0.25) is 14.7 Å². The van der Waals surface area contributed by atoms with E-state index in [9.17, 15) is 4.79 Å². The molecule has 0 aliphatic heterocycles. The Kier molecular flexibility index (Phi) is 7.21. The van der Waals surface area contributed by atoms with E-state index in [1.807, 2.05) is 48.5 Å². The number of pyridine rings is 1. The number of likely N-dealkylation sites (N-methyl/N-ethyl adjacent to an activating group) is 1. The van der Waals surface area contributed by atoms with Gasteiger partial charge in [0.05, 0.1) is 25.0 Å². The molecule has 0 aliphatic carbocycles. The molecule has 6 nitrogen and oxygen atoms in total. The quantitative estimate of drug-likeness (QED) is 0.586. The lowest BCUT2D eigenvalue weighted by Crippen LogP contribution is -2.36. The van der Waals surface area contributed by atoms with Crippen molar-refractivity contribution in [1.82, 2.24) is 15.2 Å². The van der Waals surface area contributed by atoms with E-state index < -0.39 is 0 Å². The molecule has 3 rings (SSSR count). The molecule has 0 fully saturated rings. The lowest BCUT2D eigenvalue weighted by molar-refractivity contribution is -0.121. The molecule has 0 spiro atoms. The molecule has 0 saturated carbocycles. The molecule has 2 aromatic heterocycles. The van der Waals surface area contributed by atoms with Crippen molar-refractivity contribution in [2.75, 3.05) is 20.1 Å². The lowest BCUT2D eigenvalue weighted by atomic mass is 10.1. The van der Waals surface area contributed by atoms with Gasteiger partial charge in [-0.25, -0.2) is 0 Å². The van der Waals surface area contributed by atoms with Crippen LogP contribution in [0, 0.1) is 0 Å². The van der Waals surface area contributed by atoms with Gasteiger partial charge in [-0.1, -0.05) is 18.2 Å². The molecular formula is C22H25N3O3. The van der Waals surface area contributed by atoms with Crippen LogP contribution in [0.15, 0.2) is 71.5 Å². The van der Waals surface area contributed by atoms with E-state index in [4.69, 9.17) is 9.15 Å². The number of amides is 1. The molecule has 0 unspecified atom stereocenters. The monoisotopic (exact) mass is 379 g/mol. The first-order valence-electron chi connectivity index (χ1n) is 9.30. The molecule has 1 amide bonds. The zero-order valence-corrected chi connectivity index (χ0v) is 16.0. The summed E-state index contributed by atoms with van der Waals surface area (Å²) in [5, 5.41) is 2.68. The lowest BCUT2D eigenvalue weighted by Gasteiger charge is -2.20. The number of benzene rings is 1. The number of carbonyl (C=O) groups excluding carboxylic acids is 1. The maximum atomic E-state index is 11.8. The average Bonchev–Trinajstić information content (AvgIpc) is 3.24. The third-order valence-corrected chi connectivity index (χ3v) is 4.33. The Balaban J connectivity index is 1.57. The summed E-state index contributed by atoms with van der Waals surface area (Å²) < 4.78 is 11.3. The standard InChI is InChI=1S/C22H25N3O3/c1-23-22(26)16-25(15-21-9-5-13-27-21)12-10-18-6-4-8-20(14-18)28-17-19-7-2-3-11-24-19/h2-9,11,13-14H,10,12,15-17H2,1H3,(H,23,26). The molecule has 0 aliphatic rings. The maximum Gasteiger partial charge on any atom is 0.233 e. The van der Waals surface area contributed by atoms with E-state index in [0.717, 1.165) is 35.7 Å². The molecule has 1 N–H and O–H groups in total. The van der Waals surface area contributed by atoms with Crippen molar-refractivity contribution in [2.24, 2.45) is 0 Å². The number of nitrogens with one attached hydrogen (secondary N) is 1. The van der Waals surface area contributed by atoms with Crippen LogP contribution < -0.4 is 10.1 Å². The van der Waals surface area contributed by atoms with Crippen LogP contribution in [0.1, 0.15) is 17.0 Å². The number of rotatable bonds is 10. The Morgan fingerprint density at radius 3 is 2.86 bits per heavy atom. The maximum absolute atomic E-state index is 11.8. The van der Waals surface area contributed by atoms with Crippen molar-refractivity contribution in [3.63, 3.8) is 0 Å². The number of nitrogens with zero attached hydrogens (tertiary/aromatic N) is 2. The number of furan rings is 1. The minimum Gasteiger partial charge on any atom is -0.487 e. The Bertz CT molecular complexity index is 850. The molecule has 146 valence electrons. The molecular weight excluding hydrogens is 354 g/mol. The number of aromatic nitrogens is 1. The highest BCUT2D eigenvalue weighted by molar-refractivity contribution is 5.77. The van der Waals surface area contributed by atoms with E-state index in [1.54, 1.807) is 19.5 Å². The molecule has 0 bridgehead atoms. The Morgan fingerprint density at radius 1 is 1.18 bits per heavy atom. The molecule has 6 heteroatoms. The van der Waals surface area contributed by atoms with Crippen LogP contribution in [0.2, 0.25) is 0 Å². The molecule has 1 aromatic carbocycles. The van der Waals surface area contributed by atoms with E-state index in [1.165, 1.54) is 0 Å². The molecule has 0 radical (unpaired) electrons. The van der Waals surface area contributed by atoms with Crippen molar-refractivity contribution in [1.29, 1.82) is 0 Å². The summed E-state index contributed by atoms with van der Waals surface area (Å²) in [6.07, 6.45) is 4.21. The van der Waals surface area contributed by atoms with E-state index >= 15 is 0 Å². The summed E-state index contributed by atoms with van der Waals surface area (Å²) >= 11 is 0. The molecule has 0 saturated heterocycles. The van der Waals surface area contributed by atoms with Gasteiger partial charge in [-0.15, -0.1) is 0 Å². The topological polar surface area (TPSA) is 67.6 Å². The highest BCUT2D eigenvalue weighted by Crippen LogP contribution is 2.16. The van der Waals surface area contributed by atoms with Crippen LogP contribution in [-0.2, 0) is 24.4 Å². The van der Waals surface area contributed by atoms with Crippen LogP contribution in [0.25, 0.3) is 0 Å². The largest absolute Gasteiger partial charge is 0.487 e. The van der Waals surface area contributed by atoms with Crippen molar-refractivity contribution in [3.05, 3.63) is 84.1 Å². The van der Waals surface area contributed by atoms with E-state index in [-0.39, 0.29) is 5.91 Å². The van der Waals surface area contributed by atoms with Gasteiger partial charge in [0.2, 0.25) is 5.91 Å². The molecule has 3 aromatic rings. The summed E-state index contributed by atoms with van der Waals surface area (Å²) in [6, 6.07) is 17.6. The number of hydrogen-bond acceptors (Lipinski definition) is 5. The Morgan fingerprint density at radius 2 is 2.11 bits per heavy atom. The fraction of sp³-hybridized carbons (Fsp3) is 0.273. The third kappa shape index (κ3) is 6.25. The number of carbonyl (C=O) groups is 1. The second-order valence-electron chi connectivity index (χ2n) is 6.47. The predicted octanol–water partition coefficient (Wildman–Crippen LogP) is 3.04. The van der Waals surface area contributed by atoms with E-state index in [2.05, 4.69) is 21.3 Å². The average molecular weight is 379 g/mol. The summed E-state index contributed by atoms with van der Waals surface area (Å²) in [4.78, 5) is 18.2. The van der Waals surface area contributed by atoms with Gasteiger partial charge >= 0.3 is 0 Å². The number of hydrogen-bond donors (Lipinski definition) is 1. The minimum atomic E-state index is -0.0148. The fourth-order valence-electron chi connectivity index (χ4n) is 2.84. The Hall–Kier alpha value is -3.12. The van der Waals surface area contributed by atoms with Gasteiger partial charge < -0.3 is 14.5 Å². The first kappa shape index (κ1) is 19.6. The smallest absolute Gasteiger partial charge is 0.233 e. The van der Waals surface area contributed by atoms with Crippen LogP contribution >= 0.6 is 0 Å². The highest BCUT2D eigenvalue weighted by atomic mass is 16.5. The first-order valence-corrected chi connectivity index (χ1v) is 9.30. The molecule has 28 heavy (non-hydrogen) atoms. The Labute approximate surface area is 165 Å². The van der Waals surface area contributed by atoms with Crippen LogP contribution in [0.4, 0.5) is 0 Å². The third-order valence-electron chi connectivity index (χ3n) is 4.33. The van der Waals surface area contributed by atoms with E-state index in [0.29, 0.717) is 19.7 Å². The van der Waals surface area contributed by atoms with Crippen molar-refractivity contribution in [3.8, 4) is 5.75 Å².